The maximum absolute atomic E-state index is 10.2. The van der Waals surface area contributed by atoms with Gasteiger partial charge in [0.2, 0.25) is 0 Å². The Hall–Kier alpha value is -1.74. The third-order valence-electron chi connectivity index (χ3n) is 3.82. The average molecular weight is 258 g/mol. The maximum Gasteiger partial charge on any atom is 0.133 e. The standard InChI is InChI=1S/C16H18O3/c1-10-8-13(10)15-6-7-16(19-15)14(18)9-11-2-4-12(17)5-3-11/h2-7,10,13-14,17-18H,8-9H2,1H3. The first kappa shape index (κ1) is 12.3. The lowest BCUT2D eigenvalue weighted by Gasteiger charge is -2.08. The van der Waals surface area contributed by atoms with Crippen LogP contribution in [0.5, 0.6) is 5.75 Å². The van der Waals surface area contributed by atoms with Crippen molar-refractivity contribution in [3.05, 3.63) is 53.5 Å². The molecule has 2 aromatic rings. The van der Waals surface area contributed by atoms with E-state index in [0.29, 0.717) is 24.0 Å². The Morgan fingerprint density at radius 3 is 2.53 bits per heavy atom. The summed E-state index contributed by atoms with van der Waals surface area (Å²) in [6.45, 7) is 2.21. The topological polar surface area (TPSA) is 53.6 Å². The fourth-order valence-electron chi connectivity index (χ4n) is 2.42. The highest BCUT2D eigenvalue weighted by molar-refractivity contribution is 5.27. The zero-order valence-corrected chi connectivity index (χ0v) is 10.9. The van der Waals surface area contributed by atoms with Crippen LogP contribution in [0.25, 0.3) is 0 Å². The molecule has 0 bridgehead atoms. The summed E-state index contributed by atoms with van der Waals surface area (Å²) in [6, 6.07) is 10.7. The lowest BCUT2D eigenvalue weighted by molar-refractivity contribution is 0.148. The summed E-state index contributed by atoms with van der Waals surface area (Å²) in [4.78, 5) is 0. The zero-order chi connectivity index (χ0) is 13.4. The molecule has 3 unspecified atom stereocenters. The molecule has 1 aliphatic rings. The zero-order valence-electron chi connectivity index (χ0n) is 10.9. The number of hydrogen-bond acceptors (Lipinski definition) is 3. The number of aromatic hydroxyl groups is 1. The molecule has 3 rings (SSSR count). The predicted molar refractivity (Wildman–Crippen MR) is 72.0 cm³/mol. The Bertz CT molecular complexity index is 556. The molecule has 1 fully saturated rings. The van der Waals surface area contributed by atoms with E-state index in [1.165, 1.54) is 6.42 Å². The van der Waals surface area contributed by atoms with E-state index in [0.717, 1.165) is 11.3 Å². The molecule has 0 radical (unpaired) electrons. The highest BCUT2D eigenvalue weighted by Gasteiger charge is 2.36. The van der Waals surface area contributed by atoms with Gasteiger partial charge in [-0.1, -0.05) is 19.1 Å². The number of phenols is 1. The van der Waals surface area contributed by atoms with Gasteiger partial charge in [-0.05, 0) is 42.2 Å². The number of rotatable bonds is 4. The molecule has 1 aromatic carbocycles. The van der Waals surface area contributed by atoms with Crippen LogP contribution in [0.1, 0.15) is 42.5 Å². The van der Waals surface area contributed by atoms with Gasteiger partial charge in [0.05, 0.1) is 0 Å². The molecule has 2 N–H and O–H groups in total. The van der Waals surface area contributed by atoms with Crippen molar-refractivity contribution in [1.29, 1.82) is 0 Å². The van der Waals surface area contributed by atoms with Crippen molar-refractivity contribution in [2.24, 2.45) is 5.92 Å². The van der Waals surface area contributed by atoms with Crippen LogP contribution in [0.4, 0.5) is 0 Å². The molecule has 1 saturated carbocycles. The Morgan fingerprint density at radius 2 is 1.89 bits per heavy atom. The second-order valence-corrected chi connectivity index (χ2v) is 5.45. The maximum atomic E-state index is 10.2. The summed E-state index contributed by atoms with van der Waals surface area (Å²) in [5.41, 5.74) is 0.975. The first-order valence-electron chi connectivity index (χ1n) is 6.69. The number of aliphatic hydroxyl groups excluding tert-OH is 1. The lowest BCUT2D eigenvalue weighted by Crippen LogP contribution is -2.00. The van der Waals surface area contributed by atoms with Crippen molar-refractivity contribution in [1.82, 2.24) is 0 Å². The average Bonchev–Trinajstić information content (AvgIpc) is 2.93. The molecular formula is C16H18O3. The van der Waals surface area contributed by atoms with Gasteiger partial charge in [0.25, 0.3) is 0 Å². The normalized spacial score (nSPS) is 23.3. The smallest absolute Gasteiger partial charge is 0.133 e. The van der Waals surface area contributed by atoms with Gasteiger partial charge < -0.3 is 14.6 Å². The Morgan fingerprint density at radius 1 is 1.21 bits per heavy atom. The number of hydrogen-bond donors (Lipinski definition) is 2. The summed E-state index contributed by atoms with van der Waals surface area (Å²) in [6.07, 6.45) is 1.04. The van der Waals surface area contributed by atoms with E-state index in [2.05, 4.69) is 6.92 Å². The summed E-state index contributed by atoms with van der Waals surface area (Å²) in [5.74, 6) is 3.10. The molecule has 100 valence electrons. The van der Waals surface area contributed by atoms with Gasteiger partial charge in [-0.3, -0.25) is 0 Å². The molecule has 19 heavy (non-hydrogen) atoms. The second kappa shape index (κ2) is 4.74. The van der Waals surface area contributed by atoms with Crippen molar-refractivity contribution in [3.63, 3.8) is 0 Å². The van der Waals surface area contributed by atoms with Gasteiger partial charge in [-0.2, -0.15) is 0 Å². The molecular weight excluding hydrogens is 240 g/mol. The number of phenolic OH excluding ortho intramolecular Hbond substituents is 1. The van der Waals surface area contributed by atoms with E-state index in [1.807, 2.05) is 24.3 Å². The Labute approximate surface area is 112 Å². The second-order valence-electron chi connectivity index (χ2n) is 5.45. The third-order valence-corrected chi connectivity index (χ3v) is 3.82. The van der Waals surface area contributed by atoms with E-state index >= 15 is 0 Å². The minimum Gasteiger partial charge on any atom is -0.508 e. The van der Waals surface area contributed by atoms with E-state index < -0.39 is 6.10 Å². The SMILES string of the molecule is CC1CC1c1ccc(C(O)Cc2ccc(O)cc2)o1. The highest BCUT2D eigenvalue weighted by atomic mass is 16.4. The fourth-order valence-corrected chi connectivity index (χ4v) is 2.42. The fraction of sp³-hybridized carbons (Fsp3) is 0.375. The molecule has 1 aromatic heterocycles. The first-order valence-corrected chi connectivity index (χ1v) is 6.69. The molecule has 0 amide bonds. The molecule has 0 aliphatic heterocycles. The molecule has 3 nitrogen and oxygen atoms in total. The van der Waals surface area contributed by atoms with Gasteiger partial charge in [0.15, 0.2) is 0 Å². The number of aliphatic hydroxyl groups is 1. The molecule has 0 saturated heterocycles. The van der Waals surface area contributed by atoms with Gasteiger partial charge in [-0.25, -0.2) is 0 Å². The minimum absolute atomic E-state index is 0.237. The van der Waals surface area contributed by atoms with Crippen LogP contribution in [0.2, 0.25) is 0 Å². The van der Waals surface area contributed by atoms with E-state index in [4.69, 9.17) is 4.42 Å². The van der Waals surface area contributed by atoms with E-state index in [9.17, 15) is 10.2 Å². The minimum atomic E-state index is -0.632. The van der Waals surface area contributed by atoms with Gasteiger partial charge in [-0.15, -0.1) is 0 Å². The summed E-state index contributed by atoms with van der Waals surface area (Å²) in [7, 11) is 0. The monoisotopic (exact) mass is 258 g/mol. The van der Waals surface area contributed by atoms with Crippen LogP contribution >= 0.6 is 0 Å². The first-order chi connectivity index (χ1) is 9.13. The summed E-state index contributed by atoms with van der Waals surface area (Å²) in [5, 5.41) is 19.4. The molecule has 1 aliphatic carbocycles. The Kier molecular flexibility index (Phi) is 3.07. The van der Waals surface area contributed by atoms with E-state index in [-0.39, 0.29) is 5.75 Å². The largest absolute Gasteiger partial charge is 0.508 e. The molecule has 0 spiro atoms. The van der Waals surface area contributed by atoms with Crippen molar-refractivity contribution in [2.75, 3.05) is 0 Å². The molecule has 1 heterocycles. The summed E-state index contributed by atoms with van der Waals surface area (Å²) >= 11 is 0. The number of benzene rings is 1. The Balaban J connectivity index is 1.68. The quantitative estimate of drug-likeness (QED) is 0.883. The van der Waals surface area contributed by atoms with Crippen molar-refractivity contribution in [3.8, 4) is 5.75 Å². The van der Waals surface area contributed by atoms with Crippen LogP contribution in [-0.2, 0) is 6.42 Å². The van der Waals surface area contributed by atoms with Crippen LogP contribution in [-0.4, -0.2) is 10.2 Å². The summed E-state index contributed by atoms with van der Waals surface area (Å²) < 4.78 is 5.74. The van der Waals surface area contributed by atoms with Crippen LogP contribution in [0, 0.1) is 5.92 Å². The predicted octanol–water partition coefficient (Wildman–Crippen LogP) is 3.38. The van der Waals surface area contributed by atoms with Gasteiger partial charge >= 0.3 is 0 Å². The van der Waals surface area contributed by atoms with Crippen LogP contribution in [0.3, 0.4) is 0 Å². The number of furan rings is 1. The van der Waals surface area contributed by atoms with Crippen LogP contribution in [0.15, 0.2) is 40.8 Å². The van der Waals surface area contributed by atoms with Gasteiger partial charge in [0, 0.05) is 12.3 Å². The lowest BCUT2D eigenvalue weighted by atomic mass is 10.1. The molecule has 3 atom stereocenters. The third kappa shape index (κ3) is 2.66. The van der Waals surface area contributed by atoms with Crippen molar-refractivity contribution in [2.45, 2.75) is 31.8 Å². The van der Waals surface area contributed by atoms with Gasteiger partial charge in [0.1, 0.15) is 23.4 Å². The van der Waals surface area contributed by atoms with Crippen LogP contribution < -0.4 is 0 Å². The molecule has 3 heteroatoms. The van der Waals surface area contributed by atoms with E-state index in [1.54, 1.807) is 12.1 Å². The highest BCUT2D eigenvalue weighted by Crippen LogP contribution is 2.47. The van der Waals surface area contributed by atoms with Crippen molar-refractivity contribution >= 4 is 0 Å². The van der Waals surface area contributed by atoms with Crippen molar-refractivity contribution < 1.29 is 14.6 Å².